The average Bonchev–Trinajstić information content (AvgIpc) is 2.40. The molecule has 1 unspecified atom stereocenters. The molecule has 0 aromatic carbocycles. The summed E-state index contributed by atoms with van der Waals surface area (Å²) in [5, 5.41) is 0. The van der Waals surface area contributed by atoms with E-state index in [-0.39, 0.29) is 6.26 Å². The third-order valence-corrected chi connectivity index (χ3v) is 3.62. The molecule has 0 spiro atoms. The summed E-state index contributed by atoms with van der Waals surface area (Å²) in [5.41, 5.74) is -3.56. The molecule has 0 aliphatic heterocycles. The Hall–Kier alpha value is -1.69. The quantitative estimate of drug-likeness (QED) is 0.296. The van der Waals surface area contributed by atoms with Crippen LogP contribution in [0.2, 0.25) is 0 Å². The van der Waals surface area contributed by atoms with Gasteiger partial charge in [0.2, 0.25) is 10.0 Å². The highest BCUT2D eigenvalue weighted by Gasteiger charge is 2.79. The van der Waals surface area contributed by atoms with Crippen LogP contribution in [0.3, 0.4) is 0 Å². The number of halogens is 7. The van der Waals surface area contributed by atoms with Crippen LogP contribution in [0, 0.1) is 0 Å². The number of ether oxygens (including phenoxy) is 1. The summed E-state index contributed by atoms with van der Waals surface area (Å²) >= 11 is 0. The van der Waals surface area contributed by atoms with E-state index in [4.69, 9.17) is 4.55 Å². The molecule has 0 heterocycles. The van der Waals surface area contributed by atoms with E-state index in [1.165, 1.54) is 0 Å². The van der Waals surface area contributed by atoms with Gasteiger partial charge in [0, 0.05) is 0 Å². The smallest absolute Gasteiger partial charge is 0.411 e. The van der Waals surface area contributed by atoms with Gasteiger partial charge in [0.25, 0.3) is 5.50 Å². The highest BCUT2D eigenvalue weighted by Crippen LogP contribution is 2.46. The lowest BCUT2D eigenvalue weighted by molar-refractivity contribution is -0.294. The van der Waals surface area contributed by atoms with Crippen LogP contribution in [0.4, 0.5) is 30.7 Å². The van der Waals surface area contributed by atoms with Crippen molar-refractivity contribution in [1.82, 2.24) is 4.72 Å². The maximum Gasteiger partial charge on any atom is 0.411 e. The Balaban J connectivity index is 5.58. The van der Waals surface area contributed by atoms with Crippen LogP contribution in [0.15, 0.2) is 0 Å². The summed E-state index contributed by atoms with van der Waals surface area (Å²) in [7, 11) is -10.5. The Labute approximate surface area is 140 Å². The van der Waals surface area contributed by atoms with Gasteiger partial charge in [0.15, 0.2) is 0 Å². The topological polar surface area (TPSA) is 144 Å². The van der Waals surface area contributed by atoms with E-state index < -0.39 is 61.9 Å². The molecular weight excluding hydrogens is 435 g/mol. The van der Waals surface area contributed by atoms with Crippen molar-refractivity contribution >= 4 is 32.0 Å². The van der Waals surface area contributed by atoms with Crippen molar-refractivity contribution in [2.45, 2.75) is 23.3 Å². The van der Waals surface area contributed by atoms with Crippen molar-refractivity contribution in [3.05, 3.63) is 0 Å². The minimum atomic E-state index is -6.88. The van der Waals surface area contributed by atoms with E-state index in [9.17, 15) is 57.2 Å². The number of carbonyl (C=O) groups excluding carboxylic acids is 2. The lowest BCUT2D eigenvalue weighted by Crippen LogP contribution is -2.64. The fraction of sp³-hybridized carbons (Fsp3) is 0.750. The van der Waals surface area contributed by atoms with Crippen LogP contribution in [0.25, 0.3) is 0 Å². The number of hydrogen-bond donors (Lipinski definition) is 2. The number of rotatable bonds is 8. The van der Waals surface area contributed by atoms with Gasteiger partial charge in [0.1, 0.15) is 6.61 Å². The van der Waals surface area contributed by atoms with Crippen LogP contribution in [0.5, 0.6) is 0 Å². The van der Waals surface area contributed by atoms with Gasteiger partial charge in [-0.25, -0.2) is 22.3 Å². The standard InChI is InChI=1S/C8H8F7NO8S2/c1-25(19,20)16-4(17)6(10,11)8(14,15)7(12,13)5(18)24-2-3(9)26(21,22)23/h3H,2H2,1H3,(H,16,17)(H,21,22,23). The molecular formula is C8H8F7NO8S2. The minimum absolute atomic E-state index is 0.0439. The van der Waals surface area contributed by atoms with Crippen LogP contribution < -0.4 is 4.72 Å². The first kappa shape index (κ1) is 24.3. The normalized spacial score (nSPS) is 15.3. The van der Waals surface area contributed by atoms with Crippen molar-refractivity contribution in [2.75, 3.05) is 12.9 Å². The monoisotopic (exact) mass is 443 g/mol. The Morgan fingerprint density at radius 3 is 1.81 bits per heavy atom. The van der Waals surface area contributed by atoms with Gasteiger partial charge in [-0.15, -0.1) is 0 Å². The summed E-state index contributed by atoms with van der Waals surface area (Å²) in [5.74, 6) is -26.9. The Morgan fingerprint density at radius 1 is 1.04 bits per heavy atom. The summed E-state index contributed by atoms with van der Waals surface area (Å²) in [6, 6.07) is 0. The fourth-order valence-electron chi connectivity index (χ4n) is 1.02. The highest BCUT2D eigenvalue weighted by atomic mass is 32.2. The molecule has 0 aromatic rings. The van der Waals surface area contributed by atoms with Gasteiger partial charge in [-0.3, -0.25) is 9.35 Å². The second-order valence-electron chi connectivity index (χ2n) is 4.45. The van der Waals surface area contributed by atoms with Crippen molar-refractivity contribution in [1.29, 1.82) is 0 Å². The maximum absolute atomic E-state index is 13.3. The van der Waals surface area contributed by atoms with Crippen molar-refractivity contribution in [2.24, 2.45) is 0 Å². The SMILES string of the molecule is CS(=O)(=O)NC(=O)C(F)(F)C(F)(F)C(F)(F)C(=O)OCC(F)S(=O)(=O)O. The van der Waals surface area contributed by atoms with Gasteiger partial charge in [0.05, 0.1) is 6.26 Å². The molecule has 0 saturated carbocycles. The molecule has 0 aromatic heterocycles. The predicted molar refractivity (Wildman–Crippen MR) is 65.2 cm³/mol. The molecule has 0 bridgehead atoms. The number of sulfonamides is 1. The number of amides is 1. The van der Waals surface area contributed by atoms with Crippen LogP contribution in [-0.2, 0) is 34.5 Å². The van der Waals surface area contributed by atoms with E-state index in [1.54, 1.807) is 0 Å². The molecule has 0 rings (SSSR count). The summed E-state index contributed by atoms with van der Waals surface area (Å²) in [6.45, 7) is -2.27. The summed E-state index contributed by atoms with van der Waals surface area (Å²) in [4.78, 5) is 21.6. The molecule has 0 fully saturated rings. The second-order valence-corrected chi connectivity index (χ2v) is 7.74. The number of hydrogen-bond acceptors (Lipinski definition) is 7. The van der Waals surface area contributed by atoms with Gasteiger partial charge in [-0.2, -0.15) is 34.8 Å². The molecule has 26 heavy (non-hydrogen) atoms. The molecule has 0 radical (unpaired) electrons. The molecule has 0 saturated heterocycles. The third-order valence-electron chi connectivity index (χ3n) is 2.28. The minimum Gasteiger partial charge on any atom is -0.457 e. The Morgan fingerprint density at radius 2 is 1.46 bits per heavy atom. The van der Waals surface area contributed by atoms with Crippen molar-refractivity contribution in [3.63, 3.8) is 0 Å². The number of nitrogens with one attached hydrogen (secondary N) is 1. The first-order valence-electron chi connectivity index (χ1n) is 5.61. The zero-order chi connectivity index (χ0) is 21.4. The van der Waals surface area contributed by atoms with Crippen LogP contribution >= 0.6 is 0 Å². The second kappa shape index (κ2) is 7.14. The Bertz CT molecular complexity index is 778. The molecule has 0 aliphatic rings. The third kappa shape index (κ3) is 5.16. The largest absolute Gasteiger partial charge is 0.457 e. The van der Waals surface area contributed by atoms with E-state index in [0.717, 1.165) is 0 Å². The van der Waals surface area contributed by atoms with E-state index in [2.05, 4.69) is 4.74 Å². The molecule has 1 amide bonds. The molecule has 1 atom stereocenters. The molecule has 18 heteroatoms. The zero-order valence-corrected chi connectivity index (χ0v) is 13.7. The van der Waals surface area contributed by atoms with Crippen molar-refractivity contribution < 1.29 is 66.4 Å². The molecule has 9 nitrogen and oxygen atoms in total. The van der Waals surface area contributed by atoms with E-state index in [1.807, 2.05) is 0 Å². The number of carbonyl (C=O) groups is 2. The number of alkyl halides is 7. The molecule has 154 valence electrons. The average molecular weight is 443 g/mol. The van der Waals surface area contributed by atoms with Gasteiger partial charge >= 0.3 is 39.8 Å². The fourth-order valence-corrected chi connectivity index (χ4v) is 1.72. The van der Waals surface area contributed by atoms with Gasteiger partial charge < -0.3 is 4.74 Å². The zero-order valence-electron chi connectivity index (χ0n) is 12.1. The lowest BCUT2D eigenvalue weighted by atomic mass is 10.0. The first-order valence-corrected chi connectivity index (χ1v) is 9.00. The predicted octanol–water partition coefficient (Wildman–Crippen LogP) is -0.305. The lowest BCUT2D eigenvalue weighted by Gasteiger charge is -2.30. The highest BCUT2D eigenvalue weighted by molar-refractivity contribution is 7.89. The van der Waals surface area contributed by atoms with Crippen LogP contribution in [0.1, 0.15) is 0 Å². The van der Waals surface area contributed by atoms with Gasteiger partial charge in [-0.1, -0.05) is 0 Å². The summed E-state index contributed by atoms with van der Waals surface area (Å²) < 4.78 is 145. The molecule has 2 N–H and O–H groups in total. The van der Waals surface area contributed by atoms with E-state index in [0.29, 0.717) is 4.72 Å². The van der Waals surface area contributed by atoms with Gasteiger partial charge in [-0.05, 0) is 0 Å². The summed E-state index contributed by atoms with van der Waals surface area (Å²) in [6.07, 6.45) is 0.0439. The van der Waals surface area contributed by atoms with Crippen LogP contribution in [-0.4, -0.2) is 69.4 Å². The maximum atomic E-state index is 13.3. The number of esters is 1. The molecule has 0 aliphatic carbocycles. The Kier molecular flexibility index (Phi) is 6.68. The van der Waals surface area contributed by atoms with Crippen molar-refractivity contribution in [3.8, 4) is 0 Å². The van der Waals surface area contributed by atoms with E-state index >= 15 is 0 Å². The first-order chi connectivity index (χ1) is 11.2.